The van der Waals surface area contributed by atoms with Gasteiger partial charge in [-0.3, -0.25) is 4.79 Å². The van der Waals surface area contributed by atoms with Crippen LogP contribution in [0.5, 0.6) is 0 Å². The van der Waals surface area contributed by atoms with Gasteiger partial charge in [-0.15, -0.1) is 10.2 Å². The smallest absolute Gasteiger partial charge is 0.272 e. The first-order valence-electron chi connectivity index (χ1n) is 8.13. The van der Waals surface area contributed by atoms with Crippen molar-refractivity contribution in [3.63, 3.8) is 0 Å². The number of hydrogen-bond donors (Lipinski definition) is 1. The molecular weight excluding hydrogens is 312 g/mol. The maximum Gasteiger partial charge on any atom is 0.272 e. The van der Waals surface area contributed by atoms with E-state index in [0.717, 1.165) is 11.3 Å². The van der Waals surface area contributed by atoms with E-state index in [1.165, 1.54) is 0 Å². The van der Waals surface area contributed by atoms with E-state index in [2.05, 4.69) is 15.5 Å². The van der Waals surface area contributed by atoms with Crippen LogP contribution >= 0.6 is 0 Å². The fourth-order valence-corrected chi connectivity index (χ4v) is 2.50. The third-order valence-electron chi connectivity index (χ3n) is 4.02. The minimum Gasteiger partial charge on any atom is -0.344 e. The molecular formula is C20H20N4O. The van der Waals surface area contributed by atoms with Crippen molar-refractivity contribution >= 4 is 17.4 Å². The van der Waals surface area contributed by atoms with Crippen LogP contribution in [0.25, 0.3) is 0 Å². The summed E-state index contributed by atoms with van der Waals surface area (Å²) in [5.74, 6) is 0.441. The minimum absolute atomic E-state index is 0.0952. The van der Waals surface area contributed by atoms with Crippen molar-refractivity contribution in [3.8, 4) is 0 Å². The van der Waals surface area contributed by atoms with Crippen LogP contribution in [0.3, 0.4) is 0 Å². The third kappa shape index (κ3) is 4.01. The van der Waals surface area contributed by atoms with Crippen molar-refractivity contribution in [2.45, 2.75) is 13.0 Å². The molecule has 0 saturated heterocycles. The number of carbonyl (C=O) groups is 1. The predicted octanol–water partition coefficient (Wildman–Crippen LogP) is 3.74. The molecule has 5 nitrogen and oxygen atoms in total. The molecule has 25 heavy (non-hydrogen) atoms. The van der Waals surface area contributed by atoms with Gasteiger partial charge in [0.2, 0.25) is 0 Å². The highest BCUT2D eigenvalue weighted by molar-refractivity contribution is 5.92. The summed E-state index contributed by atoms with van der Waals surface area (Å²) in [5, 5.41) is 11.2. The van der Waals surface area contributed by atoms with Crippen molar-refractivity contribution in [2.75, 3.05) is 11.9 Å². The number of nitrogens with one attached hydrogen (secondary N) is 1. The lowest BCUT2D eigenvalue weighted by Crippen LogP contribution is -2.27. The molecule has 0 fully saturated rings. The Morgan fingerprint density at radius 2 is 1.56 bits per heavy atom. The van der Waals surface area contributed by atoms with Gasteiger partial charge in [-0.05, 0) is 36.8 Å². The summed E-state index contributed by atoms with van der Waals surface area (Å²) in [6, 6.07) is 23.1. The number of hydrogen-bond acceptors (Lipinski definition) is 4. The minimum atomic E-state index is -0.238. The van der Waals surface area contributed by atoms with Gasteiger partial charge in [0.15, 0.2) is 11.5 Å². The second-order valence-corrected chi connectivity index (χ2v) is 5.78. The van der Waals surface area contributed by atoms with E-state index in [4.69, 9.17) is 0 Å². The van der Waals surface area contributed by atoms with Crippen LogP contribution < -0.4 is 10.2 Å². The molecule has 1 amide bonds. The number of amides is 1. The lowest BCUT2D eigenvalue weighted by molar-refractivity contribution is 0.0934. The number of para-hydroxylation sites is 1. The zero-order valence-corrected chi connectivity index (χ0v) is 14.3. The summed E-state index contributed by atoms with van der Waals surface area (Å²) in [5.41, 5.74) is 2.35. The van der Waals surface area contributed by atoms with Crippen LogP contribution in [-0.2, 0) is 0 Å². The zero-order valence-electron chi connectivity index (χ0n) is 14.3. The molecule has 0 aliphatic carbocycles. The van der Waals surface area contributed by atoms with Gasteiger partial charge in [-0.2, -0.15) is 0 Å². The fourth-order valence-electron chi connectivity index (χ4n) is 2.50. The standard InChI is InChI=1S/C20H20N4O/c1-15(16-9-5-3-6-10-16)21-20(25)18-13-14-19(23-22-18)24(2)17-11-7-4-8-12-17/h3-15H,1-2H3,(H,21,25). The molecule has 0 spiro atoms. The average molecular weight is 332 g/mol. The molecule has 0 aliphatic rings. The van der Waals surface area contributed by atoms with Gasteiger partial charge in [0.1, 0.15) is 0 Å². The van der Waals surface area contributed by atoms with E-state index in [1.54, 1.807) is 12.1 Å². The highest BCUT2D eigenvalue weighted by Gasteiger charge is 2.14. The molecule has 3 rings (SSSR count). The fraction of sp³-hybridized carbons (Fsp3) is 0.150. The average Bonchev–Trinajstić information content (AvgIpc) is 2.69. The quantitative estimate of drug-likeness (QED) is 0.773. The highest BCUT2D eigenvalue weighted by atomic mass is 16.2. The summed E-state index contributed by atoms with van der Waals surface area (Å²) >= 11 is 0. The number of rotatable bonds is 5. The maximum absolute atomic E-state index is 12.4. The summed E-state index contributed by atoms with van der Waals surface area (Å²) in [6.45, 7) is 1.94. The number of nitrogens with zero attached hydrogens (tertiary/aromatic N) is 3. The summed E-state index contributed by atoms with van der Waals surface area (Å²) in [6.07, 6.45) is 0. The van der Waals surface area contributed by atoms with Gasteiger partial charge < -0.3 is 10.2 Å². The van der Waals surface area contributed by atoms with E-state index in [9.17, 15) is 4.79 Å². The Bertz CT molecular complexity index is 819. The molecule has 126 valence electrons. The largest absolute Gasteiger partial charge is 0.344 e. The second kappa shape index (κ2) is 7.57. The molecule has 0 saturated carbocycles. The van der Waals surface area contributed by atoms with Crippen LogP contribution in [0.2, 0.25) is 0 Å². The first-order chi connectivity index (χ1) is 12.1. The first kappa shape index (κ1) is 16.6. The molecule has 1 atom stereocenters. The molecule has 0 radical (unpaired) electrons. The molecule has 1 N–H and O–H groups in total. The molecule has 2 aromatic carbocycles. The Morgan fingerprint density at radius 1 is 0.920 bits per heavy atom. The van der Waals surface area contributed by atoms with Crippen LogP contribution in [-0.4, -0.2) is 23.2 Å². The van der Waals surface area contributed by atoms with E-state index in [0.29, 0.717) is 11.5 Å². The second-order valence-electron chi connectivity index (χ2n) is 5.78. The highest BCUT2D eigenvalue weighted by Crippen LogP contribution is 2.20. The Kier molecular flexibility index (Phi) is 5.04. The van der Waals surface area contributed by atoms with E-state index < -0.39 is 0 Å². The molecule has 1 aromatic heterocycles. The van der Waals surface area contributed by atoms with Crippen LogP contribution in [0, 0.1) is 0 Å². The molecule has 0 aliphatic heterocycles. The molecule has 1 heterocycles. The Labute approximate surface area is 147 Å². The monoisotopic (exact) mass is 332 g/mol. The third-order valence-corrected chi connectivity index (χ3v) is 4.02. The number of aromatic nitrogens is 2. The summed E-state index contributed by atoms with van der Waals surface area (Å²) in [4.78, 5) is 14.3. The molecule has 5 heteroatoms. The van der Waals surface area contributed by atoms with Crippen LogP contribution in [0.1, 0.15) is 29.0 Å². The lowest BCUT2D eigenvalue weighted by Gasteiger charge is -2.18. The van der Waals surface area contributed by atoms with Crippen molar-refractivity contribution in [1.82, 2.24) is 15.5 Å². The summed E-state index contributed by atoms with van der Waals surface area (Å²) < 4.78 is 0. The predicted molar refractivity (Wildman–Crippen MR) is 98.9 cm³/mol. The lowest BCUT2D eigenvalue weighted by atomic mass is 10.1. The number of anilines is 2. The topological polar surface area (TPSA) is 58.1 Å². The first-order valence-corrected chi connectivity index (χ1v) is 8.13. The molecule has 3 aromatic rings. The zero-order chi connectivity index (χ0) is 17.6. The molecule has 1 unspecified atom stereocenters. The number of benzene rings is 2. The SMILES string of the molecule is CC(NC(=O)c1ccc(N(C)c2ccccc2)nn1)c1ccccc1. The Balaban J connectivity index is 1.68. The van der Waals surface area contributed by atoms with Gasteiger partial charge in [-0.25, -0.2) is 0 Å². The van der Waals surface area contributed by atoms with Crippen LogP contribution in [0.4, 0.5) is 11.5 Å². The van der Waals surface area contributed by atoms with Gasteiger partial charge in [0.25, 0.3) is 5.91 Å². The Morgan fingerprint density at radius 3 is 2.16 bits per heavy atom. The van der Waals surface area contributed by atoms with Gasteiger partial charge >= 0.3 is 0 Å². The normalized spacial score (nSPS) is 11.6. The molecule has 0 bridgehead atoms. The Hall–Kier alpha value is -3.21. The maximum atomic E-state index is 12.4. The van der Waals surface area contributed by atoms with Crippen LogP contribution in [0.15, 0.2) is 72.8 Å². The van der Waals surface area contributed by atoms with Gasteiger partial charge in [-0.1, -0.05) is 48.5 Å². The summed E-state index contributed by atoms with van der Waals surface area (Å²) in [7, 11) is 1.91. The van der Waals surface area contributed by atoms with Crippen molar-refractivity contribution in [2.24, 2.45) is 0 Å². The van der Waals surface area contributed by atoms with E-state index >= 15 is 0 Å². The van der Waals surface area contributed by atoms with Crippen molar-refractivity contribution < 1.29 is 4.79 Å². The van der Waals surface area contributed by atoms with E-state index in [1.807, 2.05) is 79.5 Å². The van der Waals surface area contributed by atoms with Crippen molar-refractivity contribution in [1.29, 1.82) is 0 Å². The van der Waals surface area contributed by atoms with E-state index in [-0.39, 0.29) is 11.9 Å². The van der Waals surface area contributed by atoms with Crippen molar-refractivity contribution in [3.05, 3.63) is 84.1 Å². The van der Waals surface area contributed by atoms with Gasteiger partial charge in [0, 0.05) is 12.7 Å². The van der Waals surface area contributed by atoms with Gasteiger partial charge in [0.05, 0.1) is 6.04 Å². The number of carbonyl (C=O) groups excluding carboxylic acids is 1.